The Bertz CT molecular complexity index is 438. The first-order chi connectivity index (χ1) is 9.66. The maximum Gasteiger partial charge on any atom is 0.200 e. The summed E-state index contributed by atoms with van der Waals surface area (Å²) in [5.41, 5.74) is 0. The second-order valence-electron chi connectivity index (χ2n) is 5.19. The minimum absolute atomic E-state index is 0.0210. The van der Waals surface area contributed by atoms with Crippen LogP contribution in [0.1, 0.15) is 38.5 Å². The van der Waals surface area contributed by atoms with Gasteiger partial charge in [0.2, 0.25) is 5.82 Å². The summed E-state index contributed by atoms with van der Waals surface area (Å²) >= 11 is 3.12. The molecule has 0 aliphatic heterocycles. The molecule has 112 valence electrons. The molecule has 20 heavy (non-hydrogen) atoms. The molecule has 1 aromatic rings. The molecule has 2 nitrogen and oxygen atoms in total. The molecule has 0 heterocycles. The van der Waals surface area contributed by atoms with Gasteiger partial charge in [0, 0.05) is 10.5 Å². The van der Waals surface area contributed by atoms with Crippen molar-refractivity contribution in [3.05, 3.63) is 28.2 Å². The second kappa shape index (κ2) is 7.93. The average molecular weight is 348 g/mol. The van der Waals surface area contributed by atoms with Crippen molar-refractivity contribution < 1.29 is 13.5 Å². The molecule has 1 saturated carbocycles. The van der Waals surface area contributed by atoms with E-state index in [1.165, 1.54) is 18.9 Å². The van der Waals surface area contributed by atoms with Crippen LogP contribution in [0.3, 0.4) is 0 Å². The molecule has 0 saturated heterocycles. The van der Waals surface area contributed by atoms with Crippen LogP contribution in [0.15, 0.2) is 16.6 Å². The summed E-state index contributed by atoms with van der Waals surface area (Å²) in [5, 5.41) is 3.47. The molecule has 1 aromatic carbocycles. The number of hydrogen-bond acceptors (Lipinski definition) is 2. The van der Waals surface area contributed by atoms with Gasteiger partial charge in [0.15, 0.2) is 11.6 Å². The van der Waals surface area contributed by atoms with Crippen LogP contribution >= 0.6 is 15.9 Å². The SMILES string of the molecule is Fc1cc(Br)cc(OCCCCCCNC2CC2)c1F. The Morgan fingerprint density at radius 1 is 1.15 bits per heavy atom. The fourth-order valence-electron chi connectivity index (χ4n) is 1.99. The molecule has 0 bridgehead atoms. The van der Waals surface area contributed by atoms with Gasteiger partial charge in [0.05, 0.1) is 6.61 Å². The maximum atomic E-state index is 13.4. The lowest BCUT2D eigenvalue weighted by Crippen LogP contribution is -2.17. The van der Waals surface area contributed by atoms with Gasteiger partial charge < -0.3 is 10.1 Å². The normalized spacial score (nSPS) is 14.6. The number of rotatable bonds is 9. The molecule has 1 aliphatic carbocycles. The van der Waals surface area contributed by atoms with Crippen molar-refractivity contribution in [1.82, 2.24) is 5.32 Å². The third-order valence-corrected chi connectivity index (χ3v) is 3.76. The van der Waals surface area contributed by atoms with Crippen LogP contribution in [0.5, 0.6) is 5.75 Å². The summed E-state index contributed by atoms with van der Waals surface area (Å²) in [4.78, 5) is 0. The summed E-state index contributed by atoms with van der Waals surface area (Å²) < 4.78 is 32.3. The number of benzene rings is 1. The van der Waals surface area contributed by atoms with Crippen LogP contribution in [0.2, 0.25) is 0 Å². The van der Waals surface area contributed by atoms with E-state index in [0.29, 0.717) is 11.1 Å². The average Bonchev–Trinajstić information content (AvgIpc) is 3.22. The van der Waals surface area contributed by atoms with E-state index in [9.17, 15) is 8.78 Å². The van der Waals surface area contributed by atoms with Gasteiger partial charge >= 0.3 is 0 Å². The van der Waals surface area contributed by atoms with E-state index >= 15 is 0 Å². The first-order valence-electron chi connectivity index (χ1n) is 7.17. The molecule has 1 fully saturated rings. The zero-order valence-corrected chi connectivity index (χ0v) is 13.0. The summed E-state index contributed by atoms with van der Waals surface area (Å²) in [6, 6.07) is 3.32. The number of halogens is 3. The number of nitrogens with one attached hydrogen (secondary N) is 1. The molecular weight excluding hydrogens is 328 g/mol. The number of unbranched alkanes of at least 4 members (excludes halogenated alkanes) is 3. The Kier molecular flexibility index (Phi) is 6.23. The topological polar surface area (TPSA) is 21.3 Å². The van der Waals surface area contributed by atoms with Crippen LogP contribution in [0, 0.1) is 11.6 Å². The summed E-state index contributed by atoms with van der Waals surface area (Å²) in [6.07, 6.45) is 6.85. The lowest BCUT2D eigenvalue weighted by Gasteiger charge is -2.08. The molecule has 0 unspecified atom stereocenters. The maximum absolute atomic E-state index is 13.4. The van der Waals surface area contributed by atoms with Gasteiger partial charge in [0.25, 0.3) is 0 Å². The fraction of sp³-hybridized carbons (Fsp3) is 0.600. The molecule has 1 aliphatic rings. The molecule has 1 N–H and O–H groups in total. The van der Waals surface area contributed by atoms with Crippen molar-refractivity contribution in [2.45, 2.75) is 44.6 Å². The minimum Gasteiger partial charge on any atom is -0.490 e. The van der Waals surface area contributed by atoms with E-state index in [-0.39, 0.29) is 5.75 Å². The van der Waals surface area contributed by atoms with E-state index in [4.69, 9.17) is 4.74 Å². The first-order valence-corrected chi connectivity index (χ1v) is 7.97. The molecule has 5 heteroatoms. The third kappa shape index (κ3) is 5.37. The van der Waals surface area contributed by atoms with Gasteiger partial charge in [-0.15, -0.1) is 0 Å². The highest BCUT2D eigenvalue weighted by molar-refractivity contribution is 9.10. The van der Waals surface area contributed by atoms with Crippen molar-refractivity contribution in [3.8, 4) is 5.75 Å². The zero-order valence-electron chi connectivity index (χ0n) is 11.4. The molecular formula is C15H20BrF2NO. The summed E-state index contributed by atoms with van der Waals surface area (Å²) in [6.45, 7) is 1.50. The largest absolute Gasteiger partial charge is 0.490 e. The van der Waals surface area contributed by atoms with Crippen LogP contribution in [-0.2, 0) is 0 Å². The van der Waals surface area contributed by atoms with Gasteiger partial charge in [-0.1, -0.05) is 28.8 Å². The molecule has 0 aromatic heterocycles. The number of ether oxygens (including phenoxy) is 1. The summed E-state index contributed by atoms with van der Waals surface area (Å²) in [7, 11) is 0. The van der Waals surface area contributed by atoms with Crippen LogP contribution in [-0.4, -0.2) is 19.2 Å². The van der Waals surface area contributed by atoms with Crippen molar-refractivity contribution in [1.29, 1.82) is 0 Å². The zero-order chi connectivity index (χ0) is 14.4. The Hall–Kier alpha value is -0.680. The van der Waals surface area contributed by atoms with Crippen molar-refractivity contribution in [2.24, 2.45) is 0 Å². The van der Waals surface area contributed by atoms with Gasteiger partial charge in [-0.05, 0) is 44.4 Å². The molecule has 0 radical (unpaired) electrons. The van der Waals surface area contributed by atoms with Crippen LogP contribution in [0.4, 0.5) is 8.78 Å². The van der Waals surface area contributed by atoms with Gasteiger partial charge in [-0.3, -0.25) is 0 Å². The van der Waals surface area contributed by atoms with E-state index in [0.717, 1.165) is 44.3 Å². The standard InChI is InChI=1S/C15H20BrF2NO/c16-11-9-13(17)15(18)14(10-11)20-8-4-2-1-3-7-19-12-5-6-12/h9-10,12,19H,1-8H2. The smallest absolute Gasteiger partial charge is 0.200 e. The van der Waals surface area contributed by atoms with E-state index in [1.54, 1.807) is 0 Å². The minimum atomic E-state index is -0.915. The Morgan fingerprint density at radius 2 is 1.90 bits per heavy atom. The predicted molar refractivity (Wildman–Crippen MR) is 79.0 cm³/mol. The van der Waals surface area contributed by atoms with Gasteiger partial charge in [-0.2, -0.15) is 4.39 Å². The second-order valence-corrected chi connectivity index (χ2v) is 6.11. The number of hydrogen-bond donors (Lipinski definition) is 1. The lowest BCUT2D eigenvalue weighted by molar-refractivity contribution is 0.284. The highest BCUT2D eigenvalue weighted by Gasteiger charge is 2.19. The highest BCUT2D eigenvalue weighted by atomic mass is 79.9. The monoisotopic (exact) mass is 347 g/mol. The highest BCUT2D eigenvalue weighted by Crippen LogP contribution is 2.25. The van der Waals surface area contributed by atoms with E-state index in [2.05, 4.69) is 21.2 Å². The predicted octanol–water partition coefficient (Wildman–Crippen LogP) is 4.42. The Morgan fingerprint density at radius 3 is 2.65 bits per heavy atom. The summed E-state index contributed by atoms with van der Waals surface area (Å²) in [5.74, 6) is -1.82. The Labute approximate surface area is 127 Å². The van der Waals surface area contributed by atoms with Crippen molar-refractivity contribution in [2.75, 3.05) is 13.2 Å². The van der Waals surface area contributed by atoms with Crippen LogP contribution < -0.4 is 10.1 Å². The van der Waals surface area contributed by atoms with Crippen molar-refractivity contribution in [3.63, 3.8) is 0 Å². The van der Waals surface area contributed by atoms with Crippen LogP contribution in [0.25, 0.3) is 0 Å². The Balaban J connectivity index is 1.56. The van der Waals surface area contributed by atoms with E-state index < -0.39 is 11.6 Å². The molecule has 0 atom stereocenters. The quantitative estimate of drug-likeness (QED) is 0.527. The molecule has 0 spiro atoms. The fourth-order valence-corrected chi connectivity index (χ4v) is 2.40. The first kappa shape index (κ1) is 15.7. The van der Waals surface area contributed by atoms with Crippen molar-refractivity contribution >= 4 is 15.9 Å². The molecule has 2 rings (SSSR count). The third-order valence-electron chi connectivity index (χ3n) is 3.30. The molecule has 0 amide bonds. The van der Waals surface area contributed by atoms with E-state index in [1.807, 2.05) is 0 Å². The van der Waals surface area contributed by atoms with Gasteiger partial charge in [0.1, 0.15) is 0 Å². The van der Waals surface area contributed by atoms with Gasteiger partial charge in [-0.25, -0.2) is 4.39 Å². The lowest BCUT2D eigenvalue weighted by atomic mass is 10.2.